The number of hydrogen-bond donors (Lipinski definition) is 2. The van der Waals surface area contributed by atoms with Crippen LogP contribution in [-0.2, 0) is 19.4 Å². The normalized spacial score (nSPS) is 18.9. The van der Waals surface area contributed by atoms with E-state index in [0.29, 0.717) is 18.8 Å². The lowest BCUT2D eigenvalue weighted by Crippen LogP contribution is -2.36. The summed E-state index contributed by atoms with van der Waals surface area (Å²) in [6, 6.07) is 8.28. The number of nitrogens with two attached hydrogens (primary N) is 1. The molecule has 1 aromatic carbocycles. The molecular formula is C22H26N4O2S. The molecule has 0 saturated carbocycles. The van der Waals surface area contributed by atoms with Crippen LogP contribution in [-0.4, -0.2) is 28.2 Å². The van der Waals surface area contributed by atoms with Gasteiger partial charge < -0.3 is 15.1 Å². The molecule has 1 amide bonds. The number of hydrogen-bond acceptors (Lipinski definition) is 4. The summed E-state index contributed by atoms with van der Waals surface area (Å²) in [5.41, 5.74) is 13.3. The molecule has 0 fully saturated rings. The zero-order chi connectivity index (χ0) is 20.8. The van der Waals surface area contributed by atoms with Crippen molar-refractivity contribution in [3.05, 3.63) is 58.0 Å². The minimum atomic E-state index is -0.0640. The molecule has 0 spiro atoms. The molecule has 0 atom stereocenters. The molecule has 2 aliphatic rings. The molecule has 2 aromatic rings. The highest BCUT2D eigenvalue weighted by atomic mass is 32.1. The lowest BCUT2D eigenvalue weighted by Gasteiger charge is -2.29. The van der Waals surface area contributed by atoms with Crippen molar-refractivity contribution in [1.29, 1.82) is 0 Å². The Labute approximate surface area is 176 Å². The van der Waals surface area contributed by atoms with Gasteiger partial charge in [0.1, 0.15) is 5.76 Å². The van der Waals surface area contributed by atoms with E-state index in [2.05, 4.69) is 36.5 Å². The van der Waals surface area contributed by atoms with Gasteiger partial charge in [-0.2, -0.15) is 5.10 Å². The zero-order valence-electron chi connectivity index (χ0n) is 17.0. The van der Waals surface area contributed by atoms with Gasteiger partial charge in [-0.3, -0.25) is 10.2 Å². The fourth-order valence-corrected chi connectivity index (χ4v) is 4.39. The van der Waals surface area contributed by atoms with Crippen molar-refractivity contribution in [2.24, 2.45) is 16.3 Å². The quantitative estimate of drug-likeness (QED) is 0.586. The Morgan fingerprint density at radius 1 is 1.28 bits per heavy atom. The number of fused-ring (bicyclic) bond motifs is 2. The van der Waals surface area contributed by atoms with Crippen LogP contribution in [0.3, 0.4) is 0 Å². The molecule has 0 radical (unpaired) electrons. The van der Waals surface area contributed by atoms with Crippen LogP contribution in [0.4, 0.5) is 0 Å². The van der Waals surface area contributed by atoms with Crippen LogP contribution in [0.2, 0.25) is 0 Å². The molecule has 0 unspecified atom stereocenters. The minimum absolute atomic E-state index is 0.0294. The second-order valence-corrected chi connectivity index (χ2v) is 9.09. The third kappa shape index (κ3) is 3.79. The van der Waals surface area contributed by atoms with Crippen molar-refractivity contribution >= 4 is 28.9 Å². The second-order valence-electron chi connectivity index (χ2n) is 8.65. The molecule has 152 valence electrons. The molecule has 7 heteroatoms. The number of furan rings is 1. The van der Waals surface area contributed by atoms with Crippen LogP contribution in [0, 0.1) is 12.3 Å². The van der Waals surface area contributed by atoms with E-state index in [9.17, 15) is 4.79 Å². The van der Waals surface area contributed by atoms with Gasteiger partial charge in [0.05, 0.1) is 5.71 Å². The predicted octanol–water partition coefficient (Wildman–Crippen LogP) is 3.30. The maximum Gasteiger partial charge on any atom is 0.290 e. The Kier molecular flexibility index (Phi) is 4.94. The third-order valence-electron chi connectivity index (χ3n) is 5.71. The molecule has 1 aliphatic heterocycles. The molecule has 0 saturated heterocycles. The highest BCUT2D eigenvalue weighted by molar-refractivity contribution is 7.80. The Hall–Kier alpha value is -2.67. The Bertz CT molecular complexity index is 1020. The SMILES string of the molecule is Cc1c(C(=O)N2CCc3ccccc3C2)oc2c1/C(=N\NC(N)=S)CC(C)(C)C2. The van der Waals surface area contributed by atoms with Crippen molar-refractivity contribution in [3.8, 4) is 0 Å². The molecule has 29 heavy (non-hydrogen) atoms. The summed E-state index contributed by atoms with van der Waals surface area (Å²) >= 11 is 4.89. The maximum atomic E-state index is 13.3. The highest BCUT2D eigenvalue weighted by Crippen LogP contribution is 2.39. The van der Waals surface area contributed by atoms with Gasteiger partial charge in [0.25, 0.3) is 5.91 Å². The fourth-order valence-electron chi connectivity index (χ4n) is 4.35. The van der Waals surface area contributed by atoms with Crippen molar-refractivity contribution in [3.63, 3.8) is 0 Å². The highest BCUT2D eigenvalue weighted by Gasteiger charge is 2.37. The van der Waals surface area contributed by atoms with Crippen molar-refractivity contribution in [2.45, 2.75) is 46.6 Å². The van der Waals surface area contributed by atoms with Gasteiger partial charge in [-0.15, -0.1) is 0 Å². The lowest BCUT2D eigenvalue weighted by atomic mass is 9.75. The smallest absolute Gasteiger partial charge is 0.290 e. The van der Waals surface area contributed by atoms with Gasteiger partial charge in [-0.05, 0) is 48.5 Å². The van der Waals surface area contributed by atoms with Crippen LogP contribution >= 0.6 is 12.2 Å². The van der Waals surface area contributed by atoms with Crippen LogP contribution < -0.4 is 11.2 Å². The molecule has 1 aliphatic carbocycles. The summed E-state index contributed by atoms with van der Waals surface area (Å²) in [5, 5.41) is 4.53. The van der Waals surface area contributed by atoms with Gasteiger partial charge in [0.2, 0.25) is 0 Å². The predicted molar refractivity (Wildman–Crippen MR) is 117 cm³/mol. The average Bonchev–Trinajstić information content (AvgIpc) is 3.00. The summed E-state index contributed by atoms with van der Waals surface area (Å²) in [6.45, 7) is 7.55. The first-order chi connectivity index (χ1) is 13.7. The number of rotatable bonds is 2. The van der Waals surface area contributed by atoms with Gasteiger partial charge >= 0.3 is 0 Å². The maximum absolute atomic E-state index is 13.3. The third-order valence-corrected chi connectivity index (χ3v) is 5.80. The molecular weight excluding hydrogens is 384 g/mol. The van der Waals surface area contributed by atoms with E-state index < -0.39 is 0 Å². The second kappa shape index (κ2) is 7.30. The van der Waals surface area contributed by atoms with E-state index in [-0.39, 0.29) is 16.4 Å². The molecule has 4 rings (SSSR count). The summed E-state index contributed by atoms with van der Waals surface area (Å²) in [7, 11) is 0. The number of nitrogens with one attached hydrogen (secondary N) is 1. The van der Waals surface area contributed by atoms with Crippen LogP contribution in [0.25, 0.3) is 0 Å². The fraction of sp³-hybridized carbons (Fsp3) is 0.409. The number of benzene rings is 1. The van der Waals surface area contributed by atoms with E-state index in [4.69, 9.17) is 22.4 Å². The summed E-state index contributed by atoms with van der Waals surface area (Å²) < 4.78 is 6.15. The standard InChI is InChI=1S/C22H26N4O2S/c1-13-18-16(24-25-21(23)29)10-22(2,3)11-17(18)28-19(13)20(27)26-9-8-14-6-4-5-7-15(14)12-26/h4-7H,8-12H2,1-3H3,(H3,23,25,29)/b24-16-. The number of thiocarbonyl (C=S) groups is 1. The number of hydrazone groups is 1. The molecule has 1 aromatic heterocycles. The van der Waals surface area contributed by atoms with Gasteiger partial charge in [-0.1, -0.05) is 38.1 Å². The Morgan fingerprint density at radius 2 is 2.00 bits per heavy atom. The van der Waals surface area contributed by atoms with E-state index in [1.165, 1.54) is 11.1 Å². The molecule has 3 N–H and O–H groups in total. The lowest BCUT2D eigenvalue weighted by molar-refractivity contribution is 0.0698. The average molecular weight is 411 g/mol. The van der Waals surface area contributed by atoms with Gasteiger partial charge in [-0.25, -0.2) is 0 Å². The van der Waals surface area contributed by atoms with Crippen molar-refractivity contribution in [1.82, 2.24) is 10.3 Å². The summed E-state index contributed by atoms with van der Waals surface area (Å²) in [5.74, 6) is 1.16. The Morgan fingerprint density at radius 3 is 2.72 bits per heavy atom. The van der Waals surface area contributed by atoms with E-state index in [1.807, 2.05) is 24.0 Å². The minimum Gasteiger partial charge on any atom is -0.455 e. The van der Waals surface area contributed by atoms with Gasteiger partial charge in [0.15, 0.2) is 10.9 Å². The summed E-state index contributed by atoms with van der Waals surface area (Å²) in [4.78, 5) is 15.2. The van der Waals surface area contributed by atoms with Crippen LogP contribution in [0.15, 0.2) is 33.8 Å². The zero-order valence-corrected chi connectivity index (χ0v) is 17.9. The first-order valence-corrected chi connectivity index (χ1v) is 10.3. The first-order valence-electron chi connectivity index (χ1n) is 9.86. The topological polar surface area (TPSA) is 83.9 Å². The summed E-state index contributed by atoms with van der Waals surface area (Å²) in [6.07, 6.45) is 2.37. The monoisotopic (exact) mass is 410 g/mol. The van der Waals surface area contributed by atoms with E-state index >= 15 is 0 Å². The number of nitrogens with zero attached hydrogens (tertiary/aromatic N) is 2. The number of carbonyl (C=O) groups excluding carboxylic acids is 1. The van der Waals surface area contributed by atoms with Gasteiger partial charge in [0, 0.05) is 30.6 Å². The van der Waals surface area contributed by atoms with Crippen molar-refractivity contribution in [2.75, 3.05) is 6.54 Å². The van der Waals surface area contributed by atoms with Crippen LogP contribution in [0.1, 0.15) is 58.8 Å². The number of carbonyl (C=O) groups is 1. The molecule has 0 bridgehead atoms. The first kappa shape index (κ1) is 19.6. The number of amides is 1. The largest absolute Gasteiger partial charge is 0.455 e. The van der Waals surface area contributed by atoms with Crippen molar-refractivity contribution < 1.29 is 9.21 Å². The molecule has 2 heterocycles. The van der Waals surface area contributed by atoms with E-state index in [1.54, 1.807) is 0 Å². The Balaban J connectivity index is 1.67. The van der Waals surface area contributed by atoms with Crippen LogP contribution in [0.5, 0.6) is 0 Å². The molecule has 6 nitrogen and oxygen atoms in total. The van der Waals surface area contributed by atoms with E-state index in [0.717, 1.165) is 41.9 Å².